The van der Waals surface area contributed by atoms with Crippen molar-refractivity contribution in [3.63, 3.8) is 0 Å². The van der Waals surface area contributed by atoms with Gasteiger partial charge in [-0.1, -0.05) is 13.0 Å². The zero-order valence-electron chi connectivity index (χ0n) is 9.82. The van der Waals surface area contributed by atoms with Crippen molar-refractivity contribution in [2.24, 2.45) is 0 Å². The van der Waals surface area contributed by atoms with Crippen molar-refractivity contribution in [1.29, 1.82) is 0 Å². The Bertz CT molecular complexity index is 298. The van der Waals surface area contributed by atoms with Gasteiger partial charge in [0.1, 0.15) is 5.78 Å². The van der Waals surface area contributed by atoms with Crippen LogP contribution in [0.15, 0.2) is 24.4 Å². The van der Waals surface area contributed by atoms with E-state index in [4.69, 9.17) is 4.74 Å². The van der Waals surface area contributed by atoms with E-state index in [1.54, 1.807) is 6.20 Å². The molecule has 0 fully saturated rings. The third kappa shape index (κ3) is 5.61. The monoisotopic (exact) mass is 221 g/mol. The summed E-state index contributed by atoms with van der Waals surface area (Å²) < 4.78 is 5.44. The molecule has 3 heteroatoms. The highest BCUT2D eigenvalue weighted by molar-refractivity contribution is 5.77. The van der Waals surface area contributed by atoms with Crippen molar-refractivity contribution in [2.75, 3.05) is 13.2 Å². The molecule has 88 valence electrons. The lowest BCUT2D eigenvalue weighted by Crippen LogP contribution is -2.03. The summed E-state index contributed by atoms with van der Waals surface area (Å²) in [6.45, 7) is 3.24. The lowest BCUT2D eigenvalue weighted by Gasteiger charge is -2.03. The van der Waals surface area contributed by atoms with Crippen molar-refractivity contribution < 1.29 is 9.53 Å². The number of hydrogen-bond donors (Lipinski definition) is 0. The Kier molecular flexibility index (Phi) is 6.42. The molecule has 0 aliphatic carbocycles. The average Bonchev–Trinajstić information content (AvgIpc) is 2.34. The molecule has 0 saturated carbocycles. The second kappa shape index (κ2) is 7.99. The molecule has 1 aromatic rings. The van der Waals surface area contributed by atoms with Gasteiger partial charge < -0.3 is 4.74 Å². The minimum atomic E-state index is 0.313. The maximum absolute atomic E-state index is 11.0. The zero-order valence-corrected chi connectivity index (χ0v) is 9.82. The second-order valence-electron chi connectivity index (χ2n) is 3.68. The highest BCUT2D eigenvalue weighted by Gasteiger charge is 1.98. The first kappa shape index (κ1) is 12.8. The van der Waals surface area contributed by atoms with Crippen molar-refractivity contribution >= 4 is 5.78 Å². The zero-order chi connectivity index (χ0) is 11.6. The smallest absolute Gasteiger partial charge is 0.132 e. The molecule has 0 aromatic carbocycles. The Labute approximate surface area is 96.8 Å². The van der Waals surface area contributed by atoms with Gasteiger partial charge in [-0.15, -0.1) is 0 Å². The lowest BCUT2D eigenvalue weighted by atomic mass is 10.2. The average molecular weight is 221 g/mol. The molecule has 1 heterocycles. The quantitative estimate of drug-likeness (QED) is 0.633. The largest absolute Gasteiger partial charge is 0.381 e. The number of aromatic nitrogens is 1. The molecule has 0 aliphatic rings. The molecular formula is C13H19NO2. The SMILES string of the molecule is CCC(=O)CCCOCCc1ccccn1. The van der Waals surface area contributed by atoms with Gasteiger partial charge in [-0.25, -0.2) is 0 Å². The van der Waals surface area contributed by atoms with Crippen LogP contribution in [0.3, 0.4) is 0 Å². The van der Waals surface area contributed by atoms with Crippen molar-refractivity contribution in [2.45, 2.75) is 32.6 Å². The van der Waals surface area contributed by atoms with Crippen LogP contribution in [0.2, 0.25) is 0 Å². The van der Waals surface area contributed by atoms with Crippen LogP contribution in [-0.4, -0.2) is 24.0 Å². The molecule has 1 aromatic heterocycles. The molecule has 0 aliphatic heterocycles. The summed E-state index contributed by atoms with van der Waals surface area (Å²) in [5.74, 6) is 0.313. The van der Waals surface area contributed by atoms with Crippen LogP contribution in [0.1, 0.15) is 31.9 Å². The van der Waals surface area contributed by atoms with E-state index < -0.39 is 0 Å². The first-order chi connectivity index (χ1) is 7.83. The number of pyridine rings is 1. The highest BCUT2D eigenvalue weighted by atomic mass is 16.5. The number of nitrogens with zero attached hydrogens (tertiary/aromatic N) is 1. The Balaban J connectivity index is 1.98. The summed E-state index contributed by atoms with van der Waals surface area (Å²) >= 11 is 0. The van der Waals surface area contributed by atoms with E-state index in [2.05, 4.69) is 4.98 Å². The minimum absolute atomic E-state index is 0.313. The van der Waals surface area contributed by atoms with Gasteiger partial charge in [-0.05, 0) is 18.6 Å². The molecular weight excluding hydrogens is 202 g/mol. The fourth-order valence-electron chi connectivity index (χ4n) is 1.37. The predicted octanol–water partition coefficient (Wildman–Crippen LogP) is 2.40. The predicted molar refractivity (Wildman–Crippen MR) is 63.3 cm³/mol. The molecule has 0 unspecified atom stereocenters. The van der Waals surface area contributed by atoms with Crippen LogP contribution in [0, 0.1) is 0 Å². The van der Waals surface area contributed by atoms with Crippen molar-refractivity contribution in [3.05, 3.63) is 30.1 Å². The summed E-state index contributed by atoms with van der Waals surface area (Å²) in [5.41, 5.74) is 1.05. The fourth-order valence-corrected chi connectivity index (χ4v) is 1.37. The number of carbonyl (C=O) groups is 1. The summed E-state index contributed by atoms with van der Waals surface area (Å²) in [5, 5.41) is 0. The van der Waals surface area contributed by atoms with Gasteiger partial charge in [0.05, 0.1) is 6.61 Å². The van der Waals surface area contributed by atoms with E-state index in [0.717, 1.165) is 18.5 Å². The molecule has 1 rings (SSSR count). The van der Waals surface area contributed by atoms with E-state index in [-0.39, 0.29) is 0 Å². The molecule has 16 heavy (non-hydrogen) atoms. The van der Waals surface area contributed by atoms with Crippen LogP contribution in [0.25, 0.3) is 0 Å². The number of ketones is 1. The molecule has 0 amide bonds. The third-order valence-electron chi connectivity index (χ3n) is 2.37. The van der Waals surface area contributed by atoms with Crippen molar-refractivity contribution in [1.82, 2.24) is 4.98 Å². The maximum Gasteiger partial charge on any atom is 0.132 e. The Hall–Kier alpha value is -1.22. The number of ether oxygens (including phenoxy) is 1. The van der Waals surface area contributed by atoms with Crippen LogP contribution in [0.5, 0.6) is 0 Å². The van der Waals surface area contributed by atoms with E-state index in [0.29, 0.717) is 31.8 Å². The second-order valence-corrected chi connectivity index (χ2v) is 3.68. The van der Waals surface area contributed by atoms with Crippen LogP contribution >= 0.6 is 0 Å². The van der Waals surface area contributed by atoms with Gasteiger partial charge in [0.2, 0.25) is 0 Å². The van der Waals surface area contributed by atoms with Gasteiger partial charge in [0.15, 0.2) is 0 Å². The lowest BCUT2D eigenvalue weighted by molar-refractivity contribution is -0.119. The number of carbonyl (C=O) groups excluding carboxylic acids is 1. The standard InChI is InChI=1S/C13H19NO2/c1-2-13(15)7-5-10-16-11-8-12-6-3-4-9-14-12/h3-4,6,9H,2,5,7-8,10-11H2,1H3. The van der Waals surface area contributed by atoms with Gasteiger partial charge >= 0.3 is 0 Å². The first-order valence-corrected chi connectivity index (χ1v) is 5.82. The summed E-state index contributed by atoms with van der Waals surface area (Å²) in [7, 11) is 0. The van der Waals surface area contributed by atoms with Gasteiger partial charge in [-0.2, -0.15) is 0 Å². The topological polar surface area (TPSA) is 39.2 Å². The van der Waals surface area contributed by atoms with Crippen molar-refractivity contribution in [3.8, 4) is 0 Å². The van der Waals surface area contributed by atoms with E-state index in [1.807, 2.05) is 25.1 Å². The third-order valence-corrected chi connectivity index (χ3v) is 2.37. The van der Waals surface area contributed by atoms with Crippen LogP contribution in [0.4, 0.5) is 0 Å². The Morgan fingerprint density at radius 1 is 1.38 bits per heavy atom. The van der Waals surface area contributed by atoms with Crippen LogP contribution < -0.4 is 0 Å². The number of hydrogen-bond acceptors (Lipinski definition) is 3. The van der Waals surface area contributed by atoms with Gasteiger partial charge in [-0.3, -0.25) is 9.78 Å². The molecule has 0 spiro atoms. The fraction of sp³-hybridized carbons (Fsp3) is 0.538. The molecule has 0 N–H and O–H groups in total. The van der Waals surface area contributed by atoms with E-state index in [9.17, 15) is 4.79 Å². The molecule has 0 atom stereocenters. The van der Waals surface area contributed by atoms with Crippen LogP contribution in [-0.2, 0) is 16.0 Å². The van der Waals surface area contributed by atoms with E-state index in [1.165, 1.54) is 0 Å². The summed E-state index contributed by atoms with van der Waals surface area (Å²) in [6, 6.07) is 5.87. The molecule has 0 saturated heterocycles. The van der Waals surface area contributed by atoms with Gasteiger partial charge in [0.25, 0.3) is 0 Å². The van der Waals surface area contributed by atoms with E-state index >= 15 is 0 Å². The summed E-state index contributed by atoms with van der Waals surface area (Å²) in [6.07, 6.45) is 4.72. The number of rotatable bonds is 8. The molecule has 0 radical (unpaired) electrons. The van der Waals surface area contributed by atoms with Gasteiger partial charge in [0, 0.05) is 37.8 Å². The maximum atomic E-state index is 11.0. The molecule has 0 bridgehead atoms. The highest BCUT2D eigenvalue weighted by Crippen LogP contribution is 1.98. The summed E-state index contributed by atoms with van der Waals surface area (Å²) in [4.78, 5) is 15.2. The number of Topliss-reactive ketones (excluding diaryl/α,β-unsaturated/α-hetero) is 1. The normalized spacial score (nSPS) is 10.3. The Morgan fingerprint density at radius 3 is 2.94 bits per heavy atom. The first-order valence-electron chi connectivity index (χ1n) is 5.82. The Morgan fingerprint density at radius 2 is 2.25 bits per heavy atom. The molecule has 3 nitrogen and oxygen atoms in total. The minimum Gasteiger partial charge on any atom is -0.381 e.